The van der Waals surface area contributed by atoms with Gasteiger partial charge in [-0.25, -0.2) is 0 Å². The van der Waals surface area contributed by atoms with E-state index in [1.807, 2.05) is 0 Å². The lowest BCUT2D eigenvalue weighted by atomic mass is 9.43. The van der Waals surface area contributed by atoms with Crippen LogP contribution in [0, 0.1) is 46.3 Å². The molecule has 0 aromatic carbocycles. The van der Waals surface area contributed by atoms with Crippen LogP contribution in [0.15, 0.2) is 0 Å². The molecule has 0 saturated heterocycles. The molecule has 5 nitrogen and oxygen atoms in total. The van der Waals surface area contributed by atoms with Gasteiger partial charge in [0.15, 0.2) is 0 Å². The highest BCUT2D eigenvalue weighted by Crippen LogP contribution is 2.68. The molecule has 3 unspecified atom stereocenters. The number of aliphatic hydroxyl groups excluding tert-OH is 1. The van der Waals surface area contributed by atoms with Gasteiger partial charge in [0.2, 0.25) is 0 Å². The predicted molar refractivity (Wildman–Crippen MR) is 142 cm³/mol. The number of rotatable bonds is 9. The minimum absolute atomic E-state index is 0.0732. The SMILES string of the molecule is COC(=O)CC[C@@H](C)[C@H]1CCC2C3C[C@@H](O)[C@H]4C[C@@H](NCCNC(C)C)CC[C@]4(C)C3CC[C@@]21C. The molecular weight excluding hydrogens is 436 g/mol. The van der Waals surface area contributed by atoms with Crippen LogP contribution in [0.25, 0.3) is 0 Å². The molecule has 0 spiro atoms. The van der Waals surface area contributed by atoms with E-state index < -0.39 is 0 Å². The highest BCUT2D eigenvalue weighted by Gasteiger charge is 2.62. The Balaban J connectivity index is 1.40. The van der Waals surface area contributed by atoms with Crippen molar-refractivity contribution in [1.29, 1.82) is 0 Å². The molecule has 3 N–H and O–H groups in total. The highest BCUT2D eigenvalue weighted by molar-refractivity contribution is 5.69. The Kier molecular flexibility index (Phi) is 8.60. The molecule has 4 fully saturated rings. The zero-order chi connectivity index (χ0) is 25.4. The van der Waals surface area contributed by atoms with Crippen molar-refractivity contribution in [3.05, 3.63) is 0 Å². The van der Waals surface area contributed by atoms with Gasteiger partial charge in [0, 0.05) is 31.6 Å². The summed E-state index contributed by atoms with van der Waals surface area (Å²) in [4.78, 5) is 11.8. The van der Waals surface area contributed by atoms with Gasteiger partial charge in [0.1, 0.15) is 0 Å². The van der Waals surface area contributed by atoms with E-state index in [0.717, 1.165) is 44.2 Å². The average Bonchev–Trinajstić information content (AvgIpc) is 3.18. The Morgan fingerprint density at radius 3 is 2.40 bits per heavy atom. The number of aliphatic hydroxyl groups is 1. The quantitative estimate of drug-likeness (QED) is 0.308. The van der Waals surface area contributed by atoms with Gasteiger partial charge in [0.25, 0.3) is 0 Å². The normalized spacial score (nSPS) is 43.8. The first-order chi connectivity index (χ1) is 16.6. The number of hydrogen-bond donors (Lipinski definition) is 3. The van der Waals surface area contributed by atoms with Crippen LogP contribution in [0.3, 0.4) is 0 Å². The molecule has 0 bridgehead atoms. The summed E-state index contributed by atoms with van der Waals surface area (Å²) in [5.41, 5.74) is 0.647. The maximum absolute atomic E-state index is 11.8. The molecule has 4 aliphatic rings. The number of ether oxygens (including phenoxy) is 1. The third kappa shape index (κ3) is 5.34. The van der Waals surface area contributed by atoms with Gasteiger partial charge in [0.05, 0.1) is 13.2 Å². The summed E-state index contributed by atoms with van der Waals surface area (Å²) >= 11 is 0. The monoisotopic (exact) mass is 490 g/mol. The maximum atomic E-state index is 11.8. The topological polar surface area (TPSA) is 70.6 Å². The molecule has 0 aliphatic heterocycles. The van der Waals surface area contributed by atoms with E-state index in [1.165, 1.54) is 45.6 Å². The van der Waals surface area contributed by atoms with Crippen LogP contribution in [0.2, 0.25) is 0 Å². The largest absolute Gasteiger partial charge is 0.469 e. The summed E-state index contributed by atoms with van der Waals surface area (Å²) in [5.74, 6) is 3.79. The first-order valence-corrected chi connectivity index (χ1v) is 14.8. The van der Waals surface area contributed by atoms with Gasteiger partial charge in [-0.15, -0.1) is 0 Å². The lowest BCUT2D eigenvalue weighted by Gasteiger charge is -2.62. The number of esters is 1. The standard InChI is InChI=1S/C30H54N2O3/c1-19(2)31-15-16-32-21-11-13-30(5)25-12-14-29(4)23(20(3)7-10-28(34)35-6)8-9-24(29)22(25)18-27(33)26(30)17-21/h19-27,31-33H,7-18H2,1-6H3/t20-,21+,22?,23-,24?,25?,26-,27-,29-,30-/m1/s1. The van der Waals surface area contributed by atoms with E-state index in [2.05, 4.69) is 45.3 Å². The van der Waals surface area contributed by atoms with Crippen LogP contribution in [-0.4, -0.2) is 49.5 Å². The average molecular weight is 491 g/mol. The lowest BCUT2D eigenvalue weighted by molar-refractivity contribution is -0.162. The second-order valence-corrected chi connectivity index (χ2v) is 13.6. The van der Waals surface area contributed by atoms with Crippen molar-refractivity contribution in [2.75, 3.05) is 20.2 Å². The Hall–Kier alpha value is -0.650. The Labute approximate surface area is 214 Å². The number of nitrogens with one attached hydrogen (secondary N) is 2. The van der Waals surface area contributed by atoms with Crippen LogP contribution < -0.4 is 10.6 Å². The molecule has 0 amide bonds. The molecular formula is C30H54N2O3. The second-order valence-electron chi connectivity index (χ2n) is 13.6. The molecule has 0 radical (unpaired) electrons. The molecule has 0 aromatic heterocycles. The van der Waals surface area contributed by atoms with Gasteiger partial charge in [-0.2, -0.15) is 0 Å². The van der Waals surface area contributed by atoms with Gasteiger partial charge in [-0.05, 0) is 104 Å². The Bertz CT molecular complexity index is 728. The lowest BCUT2D eigenvalue weighted by Crippen LogP contribution is -2.59. The van der Waals surface area contributed by atoms with Crippen molar-refractivity contribution >= 4 is 5.97 Å². The fourth-order valence-corrected chi connectivity index (χ4v) is 9.75. The van der Waals surface area contributed by atoms with Crippen molar-refractivity contribution in [2.24, 2.45) is 46.3 Å². The smallest absolute Gasteiger partial charge is 0.305 e. The van der Waals surface area contributed by atoms with Crippen molar-refractivity contribution in [2.45, 2.75) is 117 Å². The van der Waals surface area contributed by atoms with Gasteiger partial charge >= 0.3 is 5.97 Å². The zero-order valence-electron chi connectivity index (χ0n) is 23.4. The van der Waals surface area contributed by atoms with Gasteiger partial charge in [-0.1, -0.05) is 34.6 Å². The summed E-state index contributed by atoms with van der Waals surface area (Å²) in [6, 6.07) is 1.08. The fraction of sp³-hybridized carbons (Fsp3) is 0.967. The molecule has 10 atom stereocenters. The van der Waals surface area contributed by atoms with Crippen molar-refractivity contribution in [3.63, 3.8) is 0 Å². The van der Waals surface area contributed by atoms with Crippen LogP contribution in [-0.2, 0) is 9.53 Å². The highest BCUT2D eigenvalue weighted by atomic mass is 16.5. The van der Waals surface area contributed by atoms with E-state index in [0.29, 0.717) is 47.6 Å². The van der Waals surface area contributed by atoms with Crippen LogP contribution in [0.5, 0.6) is 0 Å². The molecule has 35 heavy (non-hydrogen) atoms. The second kappa shape index (κ2) is 11.0. The van der Waals surface area contributed by atoms with Crippen LogP contribution >= 0.6 is 0 Å². The van der Waals surface area contributed by atoms with Crippen molar-refractivity contribution in [1.82, 2.24) is 10.6 Å². The summed E-state index contributed by atoms with van der Waals surface area (Å²) < 4.78 is 4.91. The number of methoxy groups -OCH3 is 1. The minimum Gasteiger partial charge on any atom is -0.469 e. The molecule has 5 heteroatoms. The van der Waals surface area contributed by atoms with E-state index >= 15 is 0 Å². The summed E-state index contributed by atoms with van der Waals surface area (Å²) in [6.45, 7) is 13.9. The molecule has 202 valence electrons. The van der Waals surface area contributed by atoms with Crippen molar-refractivity contribution in [3.8, 4) is 0 Å². The molecule has 4 aliphatic carbocycles. The molecule has 0 aromatic rings. The van der Waals surface area contributed by atoms with Gasteiger partial charge < -0.3 is 20.5 Å². The third-order valence-electron chi connectivity index (χ3n) is 11.6. The van der Waals surface area contributed by atoms with Crippen LogP contribution in [0.4, 0.5) is 0 Å². The van der Waals surface area contributed by atoms with Crippen LogP contribution in [0.1, 0.15) is 98.8 Å². The zero-order valence-corrected chi connectivity index (χ0v) is 23.4. The predicted octanol–water partition coefficient (Wildman–Crippen LogP) is 5.16. The number of carbonyl (C=O) groups is 1. The van der Waals surface area contributed by atoms with Gasteiger partial charge in [-0.3, -0.25) is 4.79 Å². The summed E-state index contributed by atoms with van der Waals surface area (Å²) in [7, 11) is 1.50. The molecule has 4 saturated carbocycles. The molecule has 0 heterocycles. The number of carbonyl (C=O) groups excluding carboxylic acids is 1. The van der Waals surface area contributed by atoms with E-state index in [4.69, 9.17) is 4.74 Å². The number of fused-ring (bicyclic) bond motifs is 5. The molecule has 4 rings (SSSR count). The first kappa shape index (κ1) is 27.4. The first-order valence-electron chi connectivity index (χ1n) is 14.8. The van der Waals surface area contributed by atoms with E-state index in [9.17, 15) is 9.90 Å². The Morgan fingerprint density at radius 2 is 1.69 bits per heavy atom. The van der Waals surface area contributed by atoms with E-state index in [-0.39, 0.29) is 17.5 Å². The fourth-order valence-electron chi connectivity index (χ4n) is 9.75. The minimum atomic E-state index is -0.155. The Morgan fingerprint density at radius 1 is 0.971 bits per heavy atom. The third-order valence-corrected chi connectivity index (χ3v) is 11.6. The maximum Gasteiger partial charge on any atom is 0.305 e. The summed E-state index contributed by atoms with van der Waals surface area (Å²) in [6.07, 6.45) is 11.2. The summed E-state index contributed by atoms with van der Waals surface area (Å²) in [5, 5.41) is 18.8. The van der Waals surface area contributed by atoms with E-state index in [1.54, 1.807) is 0 Å². The van der Waals surface area contributed by atoms with Crippen molar-refractivity contribution < 1.29 is 14.6 Å². The number of hydrogen-bond acceptors (Lipinski definition) is 5.